The van der Waals surface area contributed by atoms with E-state index < -0.39 is 0 Å². The van der Waals surface area contributed by atoms with E-state index in [0.29, 0.717) is 12.0 Å². The fourth-order valence-corrected chi connectivity index (χ4v) is 4.41. The van der Waals surface area contributed by atoms with Gasteiger partial charge >= 0.3 is 0 Å². The van der Waals surface area contributed by atoms with Gasteiger partial charge in [-0.1, -0.05) is 38.0 Å². The third kappa shape index (κ3) is 3.59. The Balaban J connectivity index is 1.80. The molecule has 118 valence electrons. The normalized spacial score (nSPS) is 19.6. The van der Waals surface area contributed by atoms with Gasteiger partial charge in [-0.3, -0.25) is 0 Å². The molecule has 3 nitrogen and oxygen atoms in total. The van der Waals surface area contributed by atoms with E-state index in [0.717, 1.165) is 17.3 Å². The first kappa shape index (κ1) is 15.3. The zero-order valence-electron chi connectivity index (χ0n) is 13.3. The predicted octanol–water partition coefficient (Wildman–Crippen LogP) is 4.31. The predicted molar refractivity (Wildman–Crippen MR) is 89.1 cm³/mol. The molecule has 0 spiro atoms. The second-order valence-corrected chi connectivity index (χ2v) is 8.11. The first-order valence-corrected chi connectivity index (χ1v) is 9.37. The molecule has 2 saturated carbocycles. The van der Waals surface area contributed by atoms with E-state index in [1.165, 1.54) is 55.8 Å². The summed E-state index contributed by atoms with van der Waals surface area (Å²) in [7, 11) is 0. The van der Waals surface area contributed by atoms with Crippen LogP contribution in [0.5, 0.6) is 0 Å². The van der Waals surface area contributed by atoms with Crippen molar-refractivity contribution < 1.29 is 5.11 Å². The van der Waals surface area contributed by atoms with Crippen molar-refractivity contribution in [1.29, 1.82) is 0 Å². The van der Waals surface area contributed by atoms with Gasteiger partial charge in [0.15, 0.2) is 5.13 Å². The van der Waals surface area contributed by atoms with Gasteiger partial charge in [-0.05, 0) is 38.0 Å². The Bertz CT molecular complexity index is 461. The van der Waals surface area contributed by atoms with Crippen LogP contribution in [0.4, 0.5) is 5.13 Å². The minimum Gasteiger partial charge on any atom is -0.391 e. The third-order valence-corrected chi connectivity index (χ3v) is 5.88. The average molecular weight is 308 g/mol. The van der Waals surface area contributed by atoms with Crippen molar-refractivity contribution in [2.75, 3.05) is 11.4 Å². The Hall–Kier alpha value is -0.610. The quantitative estimate of drug-likeness (QED) is 0.815. The van der Waals surface area contributed by atoms with Crippen LogP contribution in [0.3, 0.4) is 0 Å². The Morgan fingerprint density at radius 2 is 1.95 bits per heavy atom. The average Bonchev–Trinajstić information content (AvgIpc) is 3.01. The molecule has 0 saturated heterocycles. The number of aliphatic hydroxyl groups is 1. The molecular weight excluding hydrogens is 280 g/mol. The lowest BCUT2D eigenvalue weighted by Crippen LogP contribution is -2.34. The lowest BCUT2D eigenvalue weighted by atomic mass is 10.1. The Labute approximate surface area is 132 Å². The summed E-state index contributed by atoms with van der Waals surface area (Å²) in [5.41, 5.74) is 1.20. The fourth-order valence-electron chi connectivity index (χ4n) is 3.31. The van der Waals surface area contributed by atoms with Crippen LogP contribution in [-0.4, -0.2) is 22.7 Å². The van der Waals surface area contributed by atoms with Crippen LogP contribution in [0.25, 0.3) is 0 Å². The van der Waals surface area contributed by atoms with Gasteiger partial charge in [0.05, 0.1) is 17.2 Å². The Morgan fingerprint density at radius 1 is 1.24 bits per heavy atom. The summed E-state index contributed by atoms with van der Waals surface area (Å²) in [5, 5.41) is 10.8. The number of hydrogen-bond acceptors (Lipinski definition) is 4. The zero-order chi connectivity index (χ0) is 14.8. The van der Waals surface area contributed by atoms with Crippen molar-refractivity contribution in [2.45, 2.75) is 77.4 Å². The summed E-state index contributed by atoms with van der Waals surface area (Å²) in [6.07, 6.45) is 9.07. The molecule has 1 N–H and O–H groups in total. The molecule has 0 aromatic carbocycles. The van der Waals surface area contributed by atoms with E-state index in [-0.39, 0.29) is 6.61 Å². The number of nitrogens with zero attached hydrogens (tertiary/aromatic N) is 2. The van der Waals surface area contributed by atoms with Crippen molar-refractivity contribution in [3.8, 4) is 0 Å². The molecule has 1 aromatic rings. The van der Waals surface area contributed by atoms with Crippen LogP contribution < -0.4 is 4.90 Å². The fraction of sp³-hybridized carbons (Fsp3) is 0.824. The van der Waals surface area contributed by atoms with Gasteiger partial charge < -0.3 is 10.0 Å². The topological polar surface area (TPSA) is 36.4 Å². The molecule has 0 unspecified atom stereocenters. The molecule has 3 rings (SSSR count). The van der Waals surface area contributed by atoms with E-state index in [1.807, 2.05) is 0 Å². The van der Waals surface area contributed by atoms with Crippen molar-refractivity contribution in [2.24, 2.45) is 5.92 Å². The first-order valence-electron chi connectivity index (χ1n) is 8.56. The molecule has 0 atom stereocenters. The SMILES string of the molecule is CC(C)CCN(c1nc(C2CC2)c(CO)s1)C1CCCC1. The molecule has 4 heteroatoms. The molecule has 0 radical (unpaired) electrons. The van der Waals surface area contributed by atoms with Crippen LogP contribution in [0, 0.1) is 5.92 Å². The minimum atomic E-state index is 0.159. The zero-order valence-corrected chi connectivity index (χ0v) is 14.2. The second-order valence-electron chi connectivity index (χ2n) is 7.05. The standard InChI is InChI=1S/C17H28N2OS/c1-12(2)9-10-19(14-5-3-4-6-14)17-18-16(13-7-8-13)15(11-20)21-17/h12-14,20H,3-11H2,1-2H3. The molecule has 0 amide bonds. The number of aliphatic hydroxyl groups excluding tert-OH is 1. The number of anilines is 1. The van der Waals surface area contributed by atoms with Gasteiger partial charge in [-0.25, -0.2) is 4.98 Å². The molecule has 21 heavy (non-hydrogen) atoms. The van der Waals surface area contributed by atoms with Gasteiger partial charge in [0.2, 0.25) is 0 Å². The van der Waals surface area contributed by atoms with Crippen molar-refractivity contribution >= 4 is 16.5 Å². The van der Waals surface area contributed by atoms with Gasteiger partial charge in [0.1, 0.15) is 0 Å². The van der Waals surface area contributed by atoms with E-state index in [2.05, 4.69) is 18.7 Å². The summed E-state index contributed by atoms with van der Waals surface area (Å²) in [6, 6.07) is 0.675. The van der Waals surface area contributed by atoms with Gasteiger partial charge in [-0.2, -0.15) is 0 Å². The number of rotatable bonds is 7. The second kappa shape index (κ2) is 6.66. The lowest BCUT2D eigenvalue weighted by molar-refractivity contribution is 0.284. The highest BCUT2D eigenvalue weighted by Crippen LogP contribution is 2.45. The maximum atomic E-state index is 9.63. The summed E-state index contributed by atoms with van der Waals surface area (Å²) in [4.78, 5) is 8.62. The van der Waals surface area contributed by atoms with Crippen LogP contribution in [0.15, 0.2) is 0 Å². The van der Waals surface area contributed by atoms with Gasteiger partial charge in [-0.15, -0.1) is 0 Å². The van der Waals surface area contributed by atoms with E-state index >= 15 is 0 Å². The Kier molecular flexibility index (Phi) is 4.85. The molecule has 2 fully saturated rings. The highest BCUT2D eigenvalue weighted by atomic mass is 32.1. The largest absolute Gasteiger partial charge is 0.391 e. The van der Waals surface area contributed by atoms with Gasteiger partial charge in [0.25, 0.3) is 0 Å². The Morgan fingerprint density at radius 3 is 2.52 bits per heavy atom. The van der Waals surface area contributed by atoms with Crippen LogP contribution in [0.1, 0.15) is 75.3 Å². The van der Waals surface area contributed by atoms with Crippen LogP contribution in [0.2, 0.25) is 0 Å². The molecule has 0 aliphatic heterocycles. The highest BCUT2D eigenvalue weighted by molar-refractivity contribution is 7.15. The molecule has 1 aromatic heterocycles. The minimum absolute atomic E-state index is 0.159. The van der Waals surface area contributed by atoms with Gasteiger partial charge in [0, 0.05) is 18.5 Å². The molecular formula is C17H28N2OS. The molecule has 1 heterocycles. The maximum absolute atomic E-state index is 9.63. The van der Waals surface area contributed by atoms with Crippen molar-refractivity contribution in [3.63, 3.8) is 0 Å². The summed E-state index contributed by atoms with van der Waals surface area (Å²) >= 11 is 1.74. The smallest absolute Gasteiger partial charge is 0.186 e. The summed E-state index contributed by atoms with van der Waals surface area (Å²) < 4.78 is 0. The first-order chi connectivity index (χ1) is 10.2. The van der Waals surface area contributed by atoms with Crippen molar-refractivity contribution in [1.82, 2.24) is 4.98 Å². The van der Waals surface area contributed by atoms with Crippen LogP contribution in [-0.2, 0) is 6.61 Å². The number of hydrogen-bond donors (Lipinski definition) is 1. The monoisotopic (exact) mass is 308 g/mol. The van der Waals surface area contributed by atoms with Crippen molar-refractivity contribution in [3.05, 3.63) is 10.6 Å². The van der Waals surface area contributed by atoms with E-state index in [4.69, 9.17) is 4.98 Å². The number of aromatic nitrogens is 1. The van der Waals surface area contributed by atoms with E-state index in [1.54, 1.807) is 11.3 Å². The van der Waals surface area contributed by atoms with Crippen LogP contribution >= 0.6 is 11.3 Å². The molecule has 2 aliphatic rings. The highest BCUT2D eigenvalue weighted by Gasteiger charge is 2.32. The maximum Gasteiger partial charge on any atom is 0.186 e. The third-order valence-electron chi connectivity index (χ3n) is 4.78. The molecule has 2 aliphatic carbocycles. The lowest BCUT2D eigenvalue weighted by Gasteiger charge is -2.29. The van der Waals surface area contributed by atoms with E-state index in [9.17, 15) is 5.11 Å². The molecule has 0 bridgehead atoms. The number of thiazole rings is 1. The summed E-state index contributed by atoms with van der Waals surface area (Å²) in [5.74, 6) is 1.36. The summed E-state index contributed by atoms with van der Waals surface area (Å²) in [6.45, 7) is 5.87.